The Balaban J connectivity index is 1.68. The van der Waals surface area contributed by atoms with E-state index < -0.39 is 0 Å². The molecule has 0 radical (unpaired) electrons. The first-order valence-electron chi connectivity index (χ1n) is 7.03. The number of hydrogen-bond donors (Lipinski definition) is 0. The van der Waals surface area contributed by atoms with Crippen molar-refractivity contribution in [2.24, 2.45) is 0 Å². The first-order chi connectivity index (χ1) is 10.7. The van der Waals surface area contributed by atoms with E-state index in [0.717, 1.165) is 22.8 Å². The molecule has 3 aromatic rings. The molecule has 0 saturated carbocycles. The highest BCUT2D eigenvalue weighted by molar-refractivity contribution is 7.98. The van der Waals surface area contributed by atoms with Crippen LogP contribution in [0, 0.1) is 6.92 Å². The largest absolute Gasteiger partial charge is 0.497 e. The van der Waals surface area contributed by atoms with Crippen molar-refractivity contribution in [3.05, 3.63) is 66.1 Å². The van der Waals surface area contributed by atoms with Gasteiger partial charge in [-0.2, -0.15) is 0 Å². The van der Waals surface area contributed by atoms with Gasteiger partial charge in [0.25, 0.3) is 0 Å². The van der Waals surface area contributed by atoms with Crippen LogP contribution >= 0.6 is 11.8 Å². The summed E-state index contributed by atoms with van der Waals surface area (Å²) in [7, 11) is 1.65. The Hall–Kier alpha value is -2.20. The maximum Gasteiger partial charge on any atom is 0.226 e. The number of nitrogens with zero attached hydrogens (tertiary/aromatic N) is 1. The first-order valence-corrected chi connectivity index (χ1v) is 8.01. The van der Waals surface area contributed by atoms with E-state index in [2.05, 4.69) is 36.2 Å². The summed E-state index contributed by atoms with van der Waals surface area (Å²) in [6.07, 6.45) is 1.72. The van der Waals surface area contributed by atoms with Gasteiger partial charge in [0.1, 0.15) is 12.0 Å². The Kier molecular flexibility index (Phi) is 4.49. The summed E-state index contributed by atoms with van der Waals surface area (Å²) >= 11 is 1.76. The lowest BCUT2D eigenvalue weighted by atomic mass is 10.2. The molecule has 112 valence electrons. The maximum atomic E-state index is 5.57. The highest BCUT2D eigenvalue weighted by Gasteiger charge is 2.07. The lowest BCUT2D eigenvalue weighted by Gasteiger charge is -2.00. The quantitative estimate of drug-likeness (QED) is 0.624. The van der Waals surface area contributed by atoms with Gasteiger partial charge < -0.3 is 9.15 Å². The third kappa shape index (κ3) is 3.52. The van der Waals surface area contributed by atoms with Crippen LogP contribution in [-0.4, -0.2) is 12.1 Å². The van der Waals surface area contributed by atoms with Crippen molar-refractivity contribution in [1.82, 2.24) is 4.98 Å². The van der Waals surface area contributed by atoms with Crippen LogP contribution in [0.5, 0.6) is 5.75 Å². The van der Waals surface area contributed by atoms with E-state index in [1.165, 1.54) is 10.5 Å². The molecular formula is C18H17NO2S. The number of oxazole rings is 1. The molecule has 1 aromatic heterocycles. The predicted octanol–water partition coefficient (Wildman–Crippen LogP) is 4.95. The van der Waals surface area contributed by atoms with Crippen molar-refractivity contribution >= 4 is 11.8 Å². The molecule has 0 unspecified atom stereocenters. The third-order valence-corrected chi connectivity index (χ3v) is 4.29. The number of aromatic nitrogens is 1. The second-order valence-electron chi connectivity index (χ2n) is 4.98. The Bertz CT molecular complexity index is 750. The number of rotatable bonds is 5. The second kappa shape index (κ2) is 6.71. The van der Waals surface area contributed by atoms with E-state index in [1.54, 1.807) is 25.1 Å². The van der Waals surface area contributed by atoms with Crippen LogP contribution in [0.25, 0.3) is 11.5 Å². The summed E-state index contributed by atoms with van der Waals surface area (Å²) in [6, 6.07) is 16.2. The van der Waals surface area contributed by atoms with Crippen molar-refractivity contribution < 1.29 is 9.15 Å². The molecular weight excluding hydrogens is 294 g/mol. The lowest BCUT2D eigenvalue weighted by Crippen LogP contribution is -1.84. The number of hydrogen-bond acceptors (Lipinski definition) is 4. The molecule has 0 N–H and O–H groups in total. The number of ether oxygens (including phenoxy) is 1. The molecule has 4 heteroatoms. The van der Waals surface area contributed by atoms with E-state index in [0.29, 0.717) is 5.89 Å². The summed E-state index contributed by atoms with van der Waals surface area (Å²) in [4.78, 5) is 5.79. The maximum absolute atomic E-state index is 5.57. The predicted molar refractivity (Wildman–Crippen MR) is 89.2 cm³/mol. The second-order valence-corrected chi connectivity index (χ2v) is 6.03. The molecule has 3 nitrogen and oxygen atoms in total. The third-order valence-electron chi connectivity index (χ3n) is 3.26. The monoisotopic (exact) mass is 311 g/mol. The van der Waals surface area contributed by atoms with Gasteiger partial charge in [0.15, 0.2) is 0 Å². The number of aryl methyl sites for hydroxylation is 1. The minimum Gasteiger partial charge on any atom is -0.497 e. The average molecular weight is 311 g/mol. The molecule has 0 aliphatic rings. The van der Waals surface area contributed by atoms with Crippen LogP contribution in [0.15, 0.2) is 64.1 Å². The van der Waals surface area contributed by atoms with Gasteiger partial charge in [0.05, 0.1) is 12.8 Å². The van der Waals surface area contributed by atoms with Crippen LogP contribution in [0.2, 0.25) is 0 Å². The molecule has 2 aromatic carbocycles. The molecule has 0 spiro atoms. The molecule has 0 amide bonds. The Morgan fingerprint density at radius 1 is 1.14 bits per heavy atom. The molecule has 3 rings (SSSR count). The minimum absolute atomic E-state index is 0.641. The zero-order chi connectivity index (χ0) is 15.4. The minimum atomic E-state index is 0.641. The van der Waals surface area contributed by atoms with Crippen molar-refractivity contribution in [3.63, 3.8) is 0 Å². The molecule has 0 aliphatic carbocycles. The summed E-state index contributed by atoms with van der Waals surface area (Å²) in [5.41, 5.74) is 3.16. The van der Waals surface area contributed by atoms with Crippen molar-refractivity contribution in [3.8, 4) is 17.2 Å². The van der Waals surface area contributed by atoms with Crippen LogP contribution < -0.4 is 4.74 Å². The van der Waals surface area contributed by atoms with Gasteiger partial charge in [-0.1, -0.05) is 17.7 Å². The zero-order valence-corrected chi connectivity index (χ0v) is 13.4. The van der Waals surface area contributed by atoms with Gasteiger partial charge in [-0.3, -0.25) is 0 Å². The zero-order valence-electron chi connectivity index (χ0n) is 12.6. The smallest absolute Gasteiger partial charge is 0.226 e. The summed E-state index contributed by atoms with van der Waals surface area (Å²) in [5, 5.41) is 0. The Morgan fingerprint density at radius 2 is 1.95 bits per heavy atom. The van der Waals surface area contributed by atoms with E-state index >= 15 is 0 Å². The van der Waals surface area contributed by atoms with Crippen molar-refractivity contribution in [2.45, 2.75) is 17.6 Å². The summed E-state index contributed by atoms with van der Waals surface area (Å²) < 4.78 is 10.7. The lowest BCUT2D eigenvalue weighted by molar-refractivity contribution is 0.415. The highest BCUT2D eigenvalue weighted by Crippen LogP contribution is 2.26. The van der Waals surface area contributed by atoms with Crippen LogP contribution in [-0.2, 0) is 5.75 Å². The number of benzene rings is 2. The topological polar surface area (TPSA) is 35.3 Å². The Labute approximate surface area is 134 Å². The Morgan fingerprint density at radius 3 is 2.68 bits per heavy atom. The normalized spacial score (nSPS) is 10.6. The van der Waals surface area contributed by atoms with E-state index in [9.17, 15) is 0 Å². The van der Waals surface area contributed by atoms with Crippen molar-refractivity contribution in [2.75, 3.05) is 7.11 Å². The molecule has 1 heterocycles. The highest BCUT2D eigenvalue weighted by atomic mass is 32.2. The van der Waals surface area contributed by atoms with Gasteiger partial charge in [-0.05, 0) is 43.3 Å². The van der Waals surface area contributed by atoms with Gasteiger partial charge in [0, 0.05) is 16.2 Å². The summed E-state index contributed by atoms with van der Waals surface area (Å²) in [6.45, 7) is 2.10. The SMILES string of the molecule is COc1ccc(-c2nc(CSc3cccc(C)c3)co2)cc1. The fourth-order valence-electron chi connectivity index (χ4n) is 2.10. The fourth-order valence-corrected chi connectivity index (χ4v) is 2.99. The van der Waals surface area contributed by atoms with Crippen LogP contribution in [0.3, 0.4) is 0 Å². The molecule has 0 atom stereocenters. The first kappa shape index (κ1) is 14.7. The van der Waals surface area contributed by atoms with Crippen LogP contribution in [0.1, 0.15) is 11.3 Å². The standard InChI is InChI=1S/C18H17NO2S/c1-13-4-3-5-17(10-13)22-12-15-11-21-18(19-15)14-6-8-16(20-2)9-7-14/h3-11H,12H2,1-2H3. The van der Waals surface area contributed by atoms with Gasteiger partial charge in [-0.15, -0.1) is 11.8 Å². The van der Waals surface area contributed by atoms with Crippen molar-refractivity contribution in [1.29, 1.82) is 0 Å². The molecule has 0 aliphatic heterocycles. The van der Waals surface area contributed by atoms with E-state index in [4.69, 9.17) is 9.15 Å². The molecule has 0 bridgehead atoms. The number of methoxy groups -OCH3 is 1. The van der Waals surface area contributed by atoms with Crippen LogP contribution in [0.4, 0.5) is 0 Å². The molecule has 0 saturated heterocycles. The number of thioether (sulfide) groups is 1. The van der Waals surface area contributed by atoms with Gasteiger partial charge >= 0.3 is 0 Å². The molecule has 22 heavy (non-hydrogen) atoms. The van der Waals surface area contributed by atoms with E-state index in [-0.39, 0.29) is 0 Å². The van der Waals surface area contributed by atoms with Gasteiger partial charge in [0.2, 0.25) is 5.89 Å². The fraction of sp³-hybridized carbons (Fsp3) is 0.167. The van der Waals surface area contributed by atoms with E-state index in [1.807, 2.05) is 24.3 Å². The van der Waals surface area contributed by atoms with Gasteiger partial charge in [-0.25, -0.2) is 4.98 Å². The summed E-state index contributed by atoms with van der Waals surface area (Å²) in [5.74, 6) is 2.26. The molecule has 0 fully saturated rings. The average Bonchev–Trinajstić information content (AvgIpc) is 3.02.